The van der Waals surface area contributed by atoms with Crippen LogP contribution >= 0.6 is 0 Å². The number of hydrogen-bond acceptors (Lipinski definition) is 2. The van der Waals surface area contributed by atoms with Gasteiger partial charge >= 0.3 is 6.18 Å². The van der Waals surface area contributed by atoms with Crippen molar-refractivity contribution in [1.29, 1.82) is 0 Å². The molecule has 0 aromatic heterocycles. The van der Waals surface area contributed by atoms with Crippen LogP contribution in [0, 0.1) is 0 Å². The predicted molar refractivity (Wildman–Crippen MR) is 86.6 cm³/mol. The molecule has 0 aliphatic heterocycles. The molecule has 124 valence electrons. The van der Waals surface area contributed by atoms with Gasteiger partial charge in [0.15, 0.2) is 5.78 Å². The smallest absolute Gasteiger partial charge is 0.358 e. The van der Waals surface area contributed by atoms with Crippen LogP contribution in [0.3, 0.4) is 0 Å². The number of hydrogen-bond donors (Lipinski definition) is 1. The molecule has 0 saturated heterocycles. The molecule has 0 unspecified atom stereocenters. The third kappa shape index (κ3) is 3.67. The number of carbonyl (C=O) groups excluding carboxylic acids is 1. The Hall–Kier alpha value is -2.56. The maximum atomic E-state index is 13.1. The van der Waals surface area contributed by atoms with E-state index in [2.05, 4.69) is 5.32 Å². The molecule has 0 radical (unpaired) electrons. The fraction of sp³-hybridized carbons (Fsp3) is 0.211. The van der Waals surface area contributed by atoms with E-state index in [0.29, 0.717) is 18.5 Å². The Bertz CT molecular complexity index is 766. The highest BCUT2D eigenvalue weighted by Crippen LogP contribution is 2.37. The van der Waals surface area contributed by atoms with Crippen molar-refractivity contribution in [2.24, 2.45) is 0 Å². The number of nitrogens with one attached hydrogen (secondary N) is 1. The lowest BCUT2D eigenvalue weighted by molar-refractivity contribution is -0.136. The van der Waals surface area contributed by atoms with Crippen LogP contribution < -0.4 is 5.32 Å². The molecule has 0 spiro atoms. The summed E-state index contributed by atoms with van der Waals surface area (Å²) in [6.07, 6.45) is -2.16. The highest BCUT2D eigenvalue weighted by Gasteiger charge is 2.33. The predicted octanol–water partition coefficient (Wildman–Crippen LogP) is 5.15. The molecule has 1 aliphatic rings. The van der Waals surface area contributed by atoms with Crippen molar-refractivity contribution in [1.82, 2.24) is 0 Å². The van der Waals surface area contributed by atoms with Gasteiger partial charge in [0.1, 0.15) is 0 Å². The minimum absolute atomic E-state index is 0.0238. The lowest BCUT2D eigenvalue weighted by Gasteiger charge is -2.24. The number of para-hydroxylation sites is 1. The number of halogens is 3. The molecular formula is C19H16F3NO. The quantitative estimate of drug-likeness (QED) is 0.843. The van der Waals surface area contributed by atoms with Gasteiger partial charge in [0.2, 0.25) is 0 Å². The number of allylic oxidation sites excluding steroid dienone is 2. The standard InChI is InChI=1S/C19H16F3NO/c20-19(21,22)17-8-4-5-9-18(17)23-15-10-14(11-16(24)12-15)13-6-2-1-3-7-13/h1-9,12,14,23H,10-11H2/t14-/m0/s1. The molecule has 2 aromatic rings. The van der Waals surface area contributed by atoms with Crippen molar-refractivity contribution in [3.63, 3.8) is 0 Å². The Kier molecular flexibility index (Phi) is 4.42. The summed E-state index contributed by atoms with van der Waals surface area (Å²) < 4.78 is 39.3. The van der Waals surface area contributed by atoms with Gasteiger partial charge in [0.05, 0.1) is 11.3 Å². The number of alkyl halides is 3. The summed E-state index contributed by atoms with van der Waals surface area (Å²) in [6.45, 7) is 0. The van der Waals surface area contributed by atoms with Crippen molar-refractivity contribution < 1.29 is 18.0 Å². The van der Waals surface area contributed by atoms with Crippen LogP contribution in [0.5, 0.6) is 0 Å². The van der Waals surface area contributed by atoms with Gasteiger partial charge < -0.3 is 5.32 Å². The fourth-order valence-corrected chi connectivity index (χ4v) is 2.95. The number of anilines is 1. The van der Waals surface area contributed by atoms with E-state index in [0.717, 1.165) is 11.6 Å². The minimum atomic E-state index is -4.44. The van der Waals surface area contributed by atoms with Gasteiger partial charge in [0.25, 0.3) is 0 Å². The van der Waals surface area contributed by atoms with Gasteiger partial charge in [-0.3, -0.25) is 4.79 Å². The van der Waals surface area contributed by atoms with E-state index in [1.54, 1.807) is 0 Å². The Morgan fingerprint density at radius 2 is 1.58 bits per heavy atom. The van der Waals surface area contributed by atoms with E-state index >= 15 is 0 Å². The zero-order chi connectivity index (χ0) is 17.2. The normalized spacial score (nSPS) is 18.2. The average Bonchev–Trinajstić information content (AvgIpc) is 2.55. The molecule has 2 aromatic carbocycles. The molecular weight excluding hydrogens is 315 g/mol. The van der Waals surface area contributed by atoms with Gasteiger partial charge in [-0.2, -0.15) is 13.2 Å². The molecule has 0 bridgehead atoms. The molecule has 0 heterocycles. The van der Waals surface area contributed by atoms with E-state index in [-0.39, 0.29) is 17.4 Å². The number of ketones is 1. The minimum Gasteiger partial charge on any atom is -0.358 e. The third-order valence-electron chi connectivity index (χ3n) is 4.05. The van der Waals surface area contributed by atoms with Crippen molar-refractivity contribution >= 4 is 11.5 Å². The van der Waals surface area contributed by atoms with Crippen molar-refractivity contribution in [3.05, 3.63) is 77.5 Å². The summed E-state index contributed by atoms with van der Waals surface area (Å²) in [5.41, 5.74) is 0.761. The second-order valence-corrected chi connectivity index (χ2v) is 5.82. The molecule has 24 heavy (non-hydrogen) atoms. The number of benzene rings is 2. The van der Waals surface area contributed by atoms with Gasteiger partial charge in [-0.1, -0.05) is 42.5 Å². The summed E-state index contributed by atoms with van der Waals surface area (Å²) >= 11 is 0. The van der Waals surface area contributed by atoms with Crippen LogP contribution in [0.15, 0.2) is 66.4 Å². The van der Waals surface area contributed by atoms with Gasteiger partial charge in [0, 0.05) is 18.2 Å². The summed E-state index contributed by atoms with van der Waals surface area (Å²) in [5, 5.41) is 2.81. The zero-order valence-electron chi connectivity index (χ0n) is 12.8. The third-order valence-corrected chi connectivity index (χ3v) is 4.05. The second-order valence-electron chi connectivity index (χ2n) is 5.82. The molecule has 1 atom stereocenters. The van der Waals surface area contributed by atoms with Gasteiger partial charge in [-0.25, -0.2) is 0 Å². The number of carbonyl (C=O) groups is 1. The summed E-state index contributed by atoms with van der Waals surface area (Å²) in [7, 11) is 0. The summed E-state index contributed by atoms with van der Waals surface area (Å²) in [5.74, 6) is -0.105. The van der Waals surface area contributed by atoms with E-state index in [4.69, 9.17) is 0 Å². The molecule has 0 fully saturated rings. The Balaban J connectivity index is 1.84. The highest BCUT2D eigenvalue weighted by molar-refractivity contribution is 5.92. The van der Waals surface area contributed by atoms with Crippen LogP contribution in [0.25, 0.3) is 0 Å². The van der Waals surface area contributed by atoms with Crippen LogP contribution in [-0.4, -0.2) is 5.78 Å². The van der Waals surface area contributed by atoms with E-state index < -0.39 is 11.7 Å². The zero-order valence-corrected chi connectivity index (χ0v) is 12.8. The maximum absolute atomic E-state index is 13.1. The molecule has 2 nitrogen and oxygen atoms in total. The molecule has 3 rings (SSSR count). The molecule has 5 heteroatoms. The fourth-order valence-electron chi connectivity index (χ4n) is 2.95. The SMILES string of the molecule is O=C1C=C(Nc2ccccc2C(F)(F)F)C[C@H](c2ccccc2)C1. The van der Waals surface area contributed by atoms with E-state index in [9.17, 15) is 18.0 Å². The highest BCUT2D eigenvalue weighted by atomic mass is 19.4. The van der Waals surface area contributed by atoms with Crippen molar-refractivity contribution in [2.45, 2.75) is 24.9 Å². The van der Waals surface area contributed by atoms with E-state index in [1.807, 2.05) is 30.3 Å². The largest absolute Gasteiger partial charge is 0.418 e. The second kappa shape index (κ2) is 6.51. The first kappa shape index (κ1) is 16.3. The molecule has 0 amide bonds. The average molecular weight is 331 g/mol. The first-order valence-corrected chi connectivity index (χ1v) is 7.65. The molecule has 0 saturated carbocycles. The number of rotatable bonds is 3. The summed E-state index contributed by atoms with van der Waals surface area (Å²) in [4.78, 5) is 12.0. The Labute approximate surface area is 138 Å². The van der Waals surface area contributed by atoms with Crippen molar-refractivity contribution in [2.75, 3.05) is 5.32 Å². The topological polar surface area (TPSA) is 29.1 Å². The maximum Gasteiger partial charge on any atom is 0.418 e. The van der Waals surface area contributed by atoms with Crippen molar-refractivity contribution in [3.8, 4) is 0 Å². The Morgan fingerprint density at radius 3 is 2.29 bits per heavy atom. The van der Waals surface area contributed by atoms with Crippen LogP contribution in [0.4, 0.5) is 18.9 Å². The van der Waals surface area contributed by atoms with Gasteiger partial charge in [-0.05, 0) is 30.0 Å². The summed E-state index contributed by atoms with van der Waals surface area (Å²) in [6, 6.07) is 14.8. The first-order chi connectivity index (χ1) is 11.4. The van der Waals surface area contributed by atoms with Crippen LogP contribution in [0.1, 0.15) is 29.9 Å². The lowest BCUT2D eigenvalue weighted by Crippen LogP contribution is -2.18. The molecule has 1 aliphatic carbocycles. The Morgan fingerprint density at radius 1 is 0.917 bits per heavy atom. The van der Waals surface area contributed by atoms with E-state index in [1.165, 1.54) is 24.3 Å². The van der Waals surface area contributed by atoms with Crippen LogP contribution in [0.2, 0.25) is 0 Å². The lowest BCUT2D eigenvalue weighted by atomic mass is 9.85. The van der Waals surface area contributed by atoms with Gasteiger partial charge in [-0.15, -0.1) is 0 Å². The first-order valence-electron chi connectivity index (χ1n) is 7.65. The van der Waals surface area contributed by atoms with Crippen LogP contribution in [-0.2, 0) is 11.0 Å². The molecule has 1 N–H and O–H groups in total. The monoisotopic (exact) mass is 331 g/mol.